The van der Waals surface area contributed by atoms with Gasteiger partial charge in [0.05, 0.1) is 6.54 Å². The average Bonchev–Trinajstić information content (AvgIpc) is 3.05. The Morgan fingerprint density at radius 3 is 2.73 bits per heavy atom. The first kappa shape index (κ1) is 21.3. The number of aliphatic imine (C=N–C) groups is 1. The number of halogens is 1. The minimum Gasteiger partial charge on any atom is -0.488 e. The van der Waals surface area contributed by atoms with Crippen LogP contribution >= 0.6 is 24.0 Å². The van der Waals surface area contributed by atoms with Crippen LogP contribution < -0.4 is 15.4 Å². The third kappa shape index (κ3) is 6.30. The van der Waals surface area contributed by atoms with E-state index in [9.17, 15) is 0 Å². The van der Waals surface area contributed by atoms with Gasteiger partial charge in [-0.2, -0.15) is 0 Å². The Hall–Kier alpha value is -1.02. The fourth-order valence-corrected chi connectivity index (χ4v) is 3.59. The number of piperidine rings is 1. The van der Waals surface area contributed by atoms with Crippen molar-refractivity contribution in [1.29, 1.82) is 0 Å². The standard InChI is InChI=1S/C20H32N4O.HI/c1-16-8-12-24(13-9-16)11-5-10-22-20(21-2)23-15-18-14-17-6-3-4-7-19(17)25-18;/h3-4,6-7,16,18H,5,8-15H2,1-2H3,(H2,21,22,23);1H. The lowest BCUT2D eigenvalue weighted by molar-refractivity contribution is 0.191. The largest absolute Gasteiger partial charge is 0.488 e. The number of hydrogen-bond donors (Lipinski definition) is 2. The summed E-state index contributed by atoms with van der Waals surface area (Å²) in [6.45, 7) is 7.79. The normalized spacial score (nSPS) is 20.8. The molecule has 0 spiro atoms. The zero-order chi connectivity index (χ0) is 17.5. The van der Waals surface area contributed by atoms with E-state index >= 15 is 0 Å². The first-order valence-corrected chi connectivity index (χ1v) is 9.66. The van der Waals surface area contributed by atoms with Crippen molar-refractivity contribution in [2.24, 2.45) is 10.9 Å². The van der Waals surface area contributed by atoms with E-state index in [1.165, 1.54) is 38.0 Å². The number of fused-ring (bicyclic) bond motifs is 1. The second-order valence-corrected chi connectivity index (χ2v) is 7.31. The summed E-state index contributed by atoms with van der Waals surface area (Å²) >= 11 is 0. The average molecular weight is 472 g/mol. The Balaban J connectivity index is 0.00000243. The summed E-state index contributed by atoms with van der Waals surface area (Å²) in [6.07, 6.45) is 5.00. The summed E-state index contributed by atoms with van der Waals surface area (Å²) in [5.74, 6) is 2.79. The van der Waals surface area contributed by atoms with E-state index in [0.29, 0.717) is 0 Å². The summed E-state index contributed by atoms with van der Waals surface area (Å²) in [7, 11) is 1.83. The molecule has 26 heavy (non-hydrogen) atoms. The summed E-state index contributed by atoms with van der Waals surface area (Å²) in [5.41, 5.74) is 1.30. The van der Waals surface area contributed by atoms with Crippen molar-refractivity contribution in [2.45, 2.75) is 38.7 Å². The van der Waals surface area contributed by atoms with Crippen LogP contribution in [0.15, 0.2) is 29.3 Å². The Morgan fingerprint density at radius 1 is 1.23 bits per heavy atom. The molecule has 146 valence electrons. The molecule has 2 heterocycles. The Morgan fingerprint density at radius 2 is 2.00 bits per heavy atom. The van der Waals surface area contributed by atoms with E-state index in [-0.39, 0.29) is 30.1 Å². The molecule has 0 amide bonds. The van der Waals surface area contributed by atoms with Gasteiger partial charge >= 0.3 is 0 Å². The van der Waals surface area contributed by atoms with Crippen LogP contribution in [0.1, 0.15) is 31.7 Å². The molecule has 1 atom stereocenters. The van der Waals surface area contributed by atoms with Crippen LogP contribution in [0.3, 0.4) is 0 Å². The number of benzene rings is 1. The van der Waals surface area contributed by atoms with E-state index in [1.807, 2.05) is 19.2 Å². The van der Waals surface area contributed by atoms with E-state index in [4.69, 9.17) is 4.74 Å². The van der Waals surface area contributed by atoms with Gasteiger partial charge in [0.15, 0.2) is 5.96 Å². The van der Waals surface area contributed by atoms with Crippen molar-refractivity contribution in [2.75, 3.05) is 39.8 Å². The van der Waals surface area contributed by atoms with Crippen LogP contribution in [-0.2, 0) is 6.42 Å². The zero-order valence-electron chi connectivity index (χ0n) is 16.0. The van der Waals surface area contributed by atoms with Crippen molar-refractivity contribution >= 4 is 29.9 Å². The maximum atomic E-state index is 5.96. The predicted octanol–water partition coefficient (Wildman–Crippen LogP) is 2.90. The molecule has 2 N–H and O–H groups in total. The second-order valence-electron chi connectivity index (χ2n) is 7.31. The highest BCUT2D eigenvalue weighted by Gasteiger charge is 2.22. The van der Waals surface area contributed by atoms with Gasteiger partial charge in [-0.15, -0.1) is 24.0 Å². The van der Waals surface area contributed by atoms with Gasteiger partial charge in [0, 0.05) is 20.0 Å². The smallest absolute Gasteiger partial charge is 0.191 e. The monoisotopic (exact) mass is 472 g/mol. The number of para-hydroxylation sites is 1. The number of ether oxygens (including phenoxy) is 1. The number of nitrogens with zero attached hydrogens (tertiary/aromatic N) is 2. The topological polar surface area (TPSA) is 48.9 Å². The predicted molar refractivity (Wildman–Crippen MR) is 119 cm³/mol. The molecule has 6 heteroatoms. The third-order valence-corrected chi connectivity index (χ3v) is 5.25. The number of nitrogens with one attached hydrogen (secondary N) is 2. The number of hydrogen-bond acceptors (Lipinski definition) is 3. The van der Waals surface area contributed by atoms with Crippen molar-refractivity contribution in [3.05, 3.63) is 29.8 Å². The van der Waals surface area contributed by atoms with Crippen molar-refractivity contribution in [3.8, 4) is 5.75 Å². The minimum absolute atomic E-state index is 0. The van der Waals surface area contributed by atoms with E-state index < -0.39 is 0 Å². The summed E-state index contributed by atoms with van der Waals surface area (Å²) in [5, 5.41) is 6.81. The molecule has 1 aromatic rings. The highest BCUT2D eigenvalue weighted by molar-refractivity contribution is 14.0. The van der Waals surface area contributed by atoms with Crippen LogP contribution in [0.2, 0.25) is 0 Å². The van der Waals surface area contributed by atoms with Gasteiger partial charge in [0.25, 0.3) is 0 Å². The zero-order valence-corrected chi connectivity index (χ0v) is 18.4. The summed E-state index contributed by atoms with van der Waals surface area (Å²) in [6, 6.07) is 8.28. The van der Waals surface area contributed by atoms with Crippen molar-refractivity contribution in [1.82, 2.24) is 15.5 Å². The van der Waals surface area contributed by atoms with Gasteiger partial charge < -0.3 is 20.3 Å². The third-order valence-electron chi connectivity index (χ3n) is 5.25. The van der Waals surface area contributed by atoms with Gasteiger partial charge in [-0.25, -0.2) is 0 Å². The molecule has 1 unspecified atom stereocenters. The molecular weight excluding hydrogens is 439 g/mol. The van der Waals surface area contributed by atoms with Gasteiger partial charge in [0.2, 0.25) is 0 Å². The first-order valence-electron chi connectivity index (χ1n) is 9.66. The fourth-order valence-electron chi connectivity index (χ4n) is 3.59. The van der Waals surface area contributed by atoms with Crippen LogP contribution in [0.4, 0.5) is 0 Å². The highest BCUT2D eigenvalue weighted by atomic mass is 127. The fraction of sp³-hybridized carbons (Fsp3) is 0.650. The van der Waals surface area contributed by atoms with E-state index in [0.717, 1.165) is 43.6 Å². The molecule has 3 rings (SSSR count). The number of rotatable bonds is 6. The van der Waals surface area contributed by atoms with Crippen LogP contribution in [-0.4, -0.2) is 56.7 Å². The maximum absolute atomic E-state index is 5.96. The first-order chi connectivity index (χ1) is 12.2. The van der Waals surface area contributed by atoms with Gasteiger partial charge in [-0.3, -0.25) is 4.99 Å². The van der Waals surface area contributed by atoms with Crippen LogP contribution in [0, 0.1) is 5.92 Å². The van der Waals surface area contributed by atoms with Crippen molar-refractivity contribution in [3.63, 3.8) is 0 Å². The number of guanidine groups is 1. The molecule has 5 nitrogen and oxygen atoms in total. The molecule has 2 aliphatic heterocycles. The lowest BCUT2D eigenvalue weighted by atomic mass is 9.99. The maximum Gasteiger partial charge on any atom is 0.191 e. The lowest BCUT2D eigenvalue weighted by Gasteiger charge is -2.30. The molecule has 0 bridgehead atoms. The van der Waals surface area contributed by atoms with Crippen LogP contribution in [0.5, 0.6) is 5.75 Å². The molecule has 1 aromatic carbocycles. The molecule has 1 saturated heterocycles. The molecule has 0 radical (unpaired) electrons. The SMILES string of the molecule is CN=C(NCCCN1CCC(C)CC1)NCC1Cc2ccccc2O1.I. The summed E-state index contributed by atoms with van der Waals surface area (Å²) < 4.78 is 5.96. The molecule has 0 saturated carbocycles. The molecule has 1 fully saturated rings. The van der Waals surface area contributed by atoms with Gasteiger partial charge in [-0.05, 0) is 56.4 Å². The Labute approximate surface area is 175 Å². The molecular formula is C20H33IN4O. The van der Waals surface area contributed by atoms with E-state index in [1.54, 1.807) is 0 Å². The van der Waals surface area contributed by atoms with Crippen molar-refractivity contribution < 1.29 is 4.74 Å². The van der Waals surface area contributed by atoms with Crippen LogP contribution in [0.25, 0.3) is 0 Å². The second kappa shape index (κ2) is 11.0. The summed E-state index contributed by atoms with van der Waals surface area (Å²) in [4.78, 5) is 6.90. The van der Waals surface area contributed by atoms with E-state index in [2.05, 4.69) is 39.6 Å². The lowest BCUT2D eigenvalue weighted by Crippen LogP contribution is -2.43. The Bertz CT molecular complexity index is 548. The Kier molecular flexibility index (Phi) is 8.98. The molecule has 2 aliphatic rings. The van der Waals surface area contributed by atoms with Gasteiger partial charge in [-0.1, -0.05) is 25.1 Å². The molecule has 0 aliphatic carbocycles. The highest BCUT2D eigenvalue weighted by Crippen LogP contribution is 2.27. The number of likely N-dealkylation sites (tertiary alicyclic amines) is 1. The van der Waals surface area contributed by atoms with Gasteiger partial charge in [0.1, 0.15) is 11.9 Å². The minimum atomic E-state index is 0. The molecule has 0 aromatic heterocycles. The quantitative estimate of drug-likeness (QED) is 0.290.